The van der Waals surface area contributed by atoms with Crippen LogP contribution < -0.4 is 11.1 Å². The summed E-state index contributed by atoms with van der Waals surface area (Å²) >= 11 is 0. The van der Waals surface area contributed by atoms with Crippen LogP contribution in [0, 0.1) is 19.7 Å². The highest BCUT2D eigenvalue weighted by Gasteiger charge is 2.09. The largest absolute Gasteiger partial charge is 0.396 e. The van der Waals surface area contributed by atoms with Crippen molar-refractivity contribution in [3.8, 4) is 0 Å². The minimum absolute atomic E-state index is 0.0546. The molecule has 0 aliphatic heterocycles. The molecule has 0 aliphatic carbocycles. The second-order valence-corrected chi connectivity index (χ2v) is 4.36. The molecule has 0 bridgehead atoms. The minimum atomic E-state index is -0.541. The SMILES string of the molecule is Cc1cc(C)nc(NC(=O)c2ccc(F)c(N)c2)c1. The maximum atomic E-state index is 13.0. The van der Waals surface area contributed by atoms with E-state index in [-0.39, 0.29) is 11.6 Å². The van der Waals surface area contributed by atoms with E-state index in [4.69, 9.17) is 5.73 Å². The number of aromatic nitrogens is 1. The van der Waals surface area contributed by atoms with E-state index in [1.165, 1.54) is 18.2 Å². The van der Waals surface area contributed by atoms with Gasteiger partial charge in [0.05, 0.1) is 5.69 Å². The van der Waals surface area contributed by atoms with Gasteiger partial charge in [0.1, 0.15) is 11.6 Å². The average molecular weight is 259 g/mol. The monoisotopic (exact) mass is 259 g/mol. The zero-order valence-corrected chi connectivity index (χ0v) is 10.7. The van der Waals surface area contributed by atoms with Gasteiger partial charge in [0.15, 0.2) is 0 Å². The van der Waals surface area contributed by atoms with Crippen LogP contribution in [0.3, 0.4) is 0 Å². The zero-order chi connectivity index (χ0) is 14.0. The fraction of sp³-hybridized carbons (Fsp3) is 0.143. The number of nitrogens with zero attached hydrogens (tertiary/aromatic N) is 1. The van der Waals surface area contributed by atoms with Crippen LogP contribution >= 0.6 is 0 Å². The molecule has 1 heterocycles. The van der Waals surface area contributed by atoms with Gasteiger partial charge in [-0.15, -0.1) is 0 Å². The van der Waals surface area contributed by atoms with Gasteiger partial charge in [-0.25, -0.2) is 9.37 Å². The van der Waals surface area contributed by atoms with E-state index in [0.717, 1.165) is 11.3 Å². The van der Waals surface area contributed by atoms with Crippen molar-refractivity contribution in [2.24, 2.45) is 0 Å². The number of hydrogen-bond donors (Lipinski definition) is 2. The Morgan fingerprint density at radius 1 is 1.26 bits per heavy atom. The van der Waals surface area contributed by atoms with E-state index >= 15 is 0 Å². The molecule has 4 nitrogen and oxygen atoms in total. The Bertz CT molecular complexity index is 620. The molecule has 5 heteroatoms. The van der Waals surface area contributed by atoms with Gasteiger partial charge >= 0.3 is 0 Å². The summed E-state index contributed by atoms with van der Waals surface area (Å²) in [5.41, 5.74) is 7.48. The summed E-state index contributed by atoms with van der Waals surface area (Å²) in [6, 6.07) is 7.51. The third kappa shape index (κ3) is 3.07. The molecule has 1 aromatic carbocycles. The number of anilines is 2. The summed E-state index contributed by atoms with van der Waals surface area (Å²) in [5.74, 6) is -0.448. The number of benzene rings is 1. The zero-order valence-electron chi connectivity index (χ0n) is 10.7. The van der Waals surface area contributed by atoms with Crippen molar-refractivity contribution >= 4 is 17.4 Å². The summed E-state index contributed by atoms with van der Waals surface area (Å²) in [5, 5.41) is 2.66. The number of pyridine rings is 1. The standard InChI is InChI=1S/C14H14FN3O/c1-8-5-9(2)17-13(6-8)18-14(19)10-3-4-11(15)12(16)7-10/h3-7H,16H2,1-2H3,(H,17,18,19). The van der Waals surface area contributed by atoms with E-state index < -0.39 is 5.82 Å². The second kappa shape index (κ2) is 5.06. The van der Waals surface area contributed by atoms with E-state index in [1.807, 2.05) is 19.9 Å². The molecule has 0 unspecified atom stereocenters. The molecule has 3 N–H and O–H groups in total. The number of nitrogen functional groups attached to an aromatic ring is 1. The summed E-state index contributed by atoms with van der Waals surface area (Å²) in [6.45, 7) is 3.76. The van der Waals surface area contributed by atoms with Crippen LogP contribution in [-0.2, 0) is 0 Å². The van der Waals surface area contributed by atoms with Crippen LogP contribution in [0.4, 0.5) is 15.9 Å². The molecule has 0 spiro atoms. The molecular formula is C14H14FN3O. The van der Waals surface area contributed by atoms with Crippen LogP contribution in [0.15, 0.2) is 30.3 Å². The fourth-order valence-electron chi connectivity index (χ4n) is 1.78. The van der Waals surface area contributed by atoms with Gasteiger partial charge in [-0.2, -0.15) is 0 Å². The normalized spacial score (nSPS) is 10.3. The highest BCUT2D eigenvalue weighted by molar-refractivity contribution is 6.04. The molecule has 0 saturated carbocycles. The van der Waals surface area contributed by atoms with E-state index in [2.05, 4.69) is 10.3 Å². The fourth-order valence-corrected chi connectivity index (χ4v) is 1.78. The number of nitrogens with two attached hydrogens (primary N) is 1. The molecule has 0 saturated heterocycles. The third-order valence-electron chi connectivity index (χ3n) is 2.60. The number of carbonyl (C=O) groups is 1. The first kappa shape index (κ1) is 13.0. The smallest absolute Gasteiger partial charge is 0.256 e. The van der Waals surface area contributed by atoms with Gasteiger partial charge in [-0.3, -0.25) is 4.79 Å². The number of carbonyl (C=O) groups excluding carboxylic acids is 1. The van der Waals surface area contributed by atoms with Crippen molar-refractivity contribution in [2.75, 3.05) is 11.1 Å². The van der Waals surface area contributed by atoms with Gasteiger partial charge in [0.25, 0.3) is 5.91 Å². The van der Waals surface area contributed by atoms with Crippen LogP contribution in [0.5, 0.6) is 0 Å². The Morgan fingerprint density at radius 2 is 2.00 bits per heavy atom. The van der Waals surface area contributed by atoms with Gasteiger partial charge in [0.2, 0.25) is 0 Å². The number of halogens is 1. The minimum Gasteiger partial charge on any atom is -0.396 e. The number of nitrogens with one attached hydrogen (secondary N) is 1. The summed E-state index contributed by atoms with van der Waals surface area (Å²) in [7, 11) is 0. The molecule has 1 aromatic heterocycles. The molecule has 0 aliphatic rings. The quantitative estimate of drug-likeness (QED) is 0.815. The van der Waals surface area contributed by atoms with Crippen molar-refractivity contribution in [1.82, 2.24) is 4.98 Å². The highest BCUT2D eigenvalue weighted by atomic mass is 19.1. The van der Waals surface area contributed by atoms with Crippen molar-refractivity contribution in [1.29, 1.82) is 0 Å². The first-order valence-corrected chi connectivity index (χ1v) is 5.77. The second-order valence-electron chi connectivity index (χ2n) is 4.36. The van der Waals surface area contributed by atoms with Gasteiger partial charge in [-0.05, 0) is 49.7 Å². The lowest BCUT2D eigenvalue weighted by molar-refractivity contribution is 0.102. The van der Waals surface area contributed by atoms with E-state index in [1.54, 1.807) is 6.07 Å². The van der Waals surface area contributed by atoms with Crippen LogP contribution in [0.1, 0.15) is 21.6 Å². The Balaban J connectivity index is 2.22. The Labute approximate surface area is 110 Å². The van der Waals surface area contributed by atoms with Crippen molar-refractivity contribution in [2.45, 2.75) is 13.8 Å². The Hall–Kier alpha value is -2.43. The van der Waals surface area contributed by atoms with Crippen molar-refractivity contribution < 1.29 is 9.18 Å². The number of hydrogen-bond acceptors (Lipinski definition) is 3. The Morgan fingerprint density at radius 3 is 2.63 bits per heavy atom. The van der Waals surface area contributed by atoms with Gasteiger partial charge in [-0.1, -0.05) is 0 Å². The highest BCUT2D eigenvalue weighted by Crippen LogP contribution is 2.15. The van der Waals surface area contributed by atoms with Gasteiger partial charge in [0, 0.05) is 11.3 Å². The van der Waals surface area contributed by atoms with Crippen molar-refractivity contribution in [3.63, 3.8) is 0 Å². The summed E-state index contributed by atoms with van der Waals surface area (Å²) < 4.78 is 13.0. The molecule has 0 radical (unpaired) electrons. The molecule has 2 aromatic rings. The molecule has 19 heavy (non-hydrogen) atoms. The number of amides is 1. The van der Waals surface area contributed by atoms with E-state index in [0.29, 0.717) is 11.4 Å². The number of rotatable bonds is 2. The third-order valence-corrected chi connectivity index (χ3v) is 2.60. The summed E-state index contributed by atoms with van der Waals surface area (Å²) in [4.78, 5) is 16.2. The lowest BCUT2D eigenvalue weighted by Crippen LogP contribution is -2.14. The lowest BCUT2D eigenvalue weighted by atomic mass is 10.2. The molecule has 2 rings (SSSR count). The Kier molecular flexibility index (Phi) is 3.46. The molecule has 98 valence electrons. The first-order valence-electron chi connectivity index (χ1n) is 5.77. The lowest BCUT2D eigenvalue weighted by Gasteiger charge is -2.07. The first-order chi connectivity index (χ1) is 8.95. The van der Waals surface area contributed by atoms with Gasteiger partial charge < -0.3 is 11.1 Å². The average Bonchev–Trinajstić information content (AvgIpc) is 2.31. The maximum Gasteiger partial charge on any atom is 0.256 e. The molecule has 0 atom stereocenters. The molecule has 1 amide bonds. The number of aryl methyl sites for hydroxylation is 2. The summed E-state index contributed by atoms with van der Waals surface area (Å²) in [6.07, 6.45) is 0. The maximum absolute atomic E-state index is 13.0. The van der Waals surface area contributed by atoms with Crippen LogP contribution in [0.2, 0.25) is 0 Å². The molecule has 0 fully saturated rings. The van der Waals surface area contributed by atoms with Crippen molar-refractivity contribution in [3.05, 3.63) is 53.0 Å². The van der Waals surface area contributed by atoms with Crippen LogP contribution in [0.25, 0.3) is 0 Å². The molecular weight excluding hydrogens is 245 g/mol. The van der Waals surface area contributed by atoms with Crippen LogP contribution in [-0.4, -0.2) is 10.9 Å². The predicted molar refractivity (Wildman–Crippen MR) is 72.5 cm³/mol. The van der Waals surface area contributed by atoms with E-state index in [9.17, 15) is 9.18 Å². The topological polar surface area (TPSA) is 68.0 Å². The predicted octanol–water partition coefficient (Wildman–Crippen LogP) is 2.67.